The first-order valence-corrected chi connectivity index (χ1v) is 6.32. The maximum Gasteiger partial charge on any atom is 0.328 e. The standard InChI is InChI=1S/C16H12ClFO2/c1-10(7-16(19)20)11-5-6-15(18)14(9-11)12-3-2-4-13(17)8-12/h2-9H,1H3,(H,19,20)/b10-7+. The van der Waals surface area contributed by atoms with Crippen LogP contribution in [-0.2, 0) is 4.79 Å². The van der Waals surface area contributed by atoms with Crippen LogP contribution in [0.15, 0.2) is 48.5 Å². The summed E-state index contributed by atoms with van der Waals surface area (Å²) in [6.45, 7) is 1.67. The van der Waals surface area contributed by atoms with Crippen LogP contribution >= 0.6 is 11.6 Å². The van der Waals surface area contributed by atoms with Crippen molar-refractivity contribution in [2.75, 3.05) is 0 Å². The van der Waals surface area contributed by atoms with Crippen LogP contribution in [0.5, 0.6) is 0 Å². The van der Waals surface area contributed by atoms with Crippen LogP contribution in [0.4, 0.5) is 4.39 Å². The summed E-state index contributed by atoms with van der Waals surface area (Å²) in [6, 6.07) is 11.4. The van der Waals surface area contributed by atoms with Gasteiger partial charge in [-0.15, -0.1) is 0 Å². The second-order valence-electron chi connectivity index (χ2n) is 4.37. The van der Waals surface area contributed by atoms with E-state index >= 15 is 0 Å². The van der Waals surface area contributed by atoms with Gasteiger partial charge < -0.3 is 5.11 Å². The van der Waals surface area contributed by atoms with Gasteiger partial charge in [0.05, 0.1) is 0 Å². The van der Waals surface area contributed by atoms with Crippen LogP contribution in [0.3, 0.4) is 0 Å². The maximum absolute atomic E-state index is 13.9. The molecular formula is C16H12ClFO2. The van der Waals surface area contributed by atoms with Crippen molar-refractivity contribution in [2.24, 2.45) is 0 Å². The van der Waals surface area contributed by atoms with Gasteiger partial charge in [-0.05, 0) is 47.9 Å². The van der Waals surface area contributed by atoms with Gasteiger partial charge in [0, 0.05) is 16.7 Å². The van der Waals surface area contributed by atoms with Crippen molar-refractivity contribution >= 4 is 23.1 Å². The van der Waals surface area contributed by atoms with E-state index in [9.17, 15) is 9.18 Å². The first-order chi connectivity index (χ1) is 9.47. The first kappa shape index (κ1) is 14.3. The number of benzene rings is 2. The molecule has 0 unspecified atom stereocenters. The summed E-state index contributed by atoms with van der Waals surface area (Å²) >= 11 is 5.91. The topological polar surface area (TPSA) is 37.3 Å². The van der Waals surface area contributed by atoms with E-state index in [0.29, 0.717) is 27.3 Å². The molecule has 0 amide bonds. The molecule has 0 bridgehead atoms. The normalized spacial score (nSPS) is 11.4. The predicted molar refractivity (Wildman–Crippen MR) is 78.1 cm³/mol. The molecular weight excluding hydrogens is 279 g/mol. The number of carboxylic acids is 1. The molecule has 0 heterocycles. The van der Waals surface area contributed by atoms with Crippen LogP contribution in [-0.4, -0.2) is 11.1 Å². The zero-order valence-corrected chi connectivity index (χ0v) is 11.5. The van der Waals surface area contributed by atoms with Gasteiger partial charge >= 0.3 is 5.97 Å². The molecule has 0 fully saturated rings. The molecule has 102 valence electrons. The molecule has 2 aromatic rings. The number of allylic oxidation sites excluding steroid dienone is 1. The van der Waals surface area contributed by atoms with Crippen LogP contribution in [0, 0.1) is 5.82 Å². The molecule has 1 N–H and O–H groups in total. The Bertz CT molecular complexity index is 693. The van der Waals surface area contributed by atoms with Crippen LogP contribution in [0.1, 0.15) is 12.5 Å². The molecule has 2 aromatic carbocycles. The van der Waals surface area contributed by atoms with E-state index in [0.717, 1.165) is 6.08 Å². The highest BCUT2D eigenvalue weighted by molar-refractivity contribution is 6.30. The highest BCUT2D eigenvalue weighted by atomic mass is 35.5. The van der Waals surface area contributed by atoms with Gasteiger partial charge in [0.25, 0.3) is 0 Å². The molecule has 4 heteroatoms. The lowest BCUT2D eigenvalue weighted by Crippen LogP contribution is -1.92. The van der Waals surface area contributed by atoms with Gasteiger partial charge in [0.1, 0.15) is 5.82 Å². The quantitative estimate of drug-likeness (QED) is 0.837. The number of aliphatic carboxylic acids is 1. The Morgan fingerprint density at radius 3 is 2.65 bits per heavy atom. The molecule has 0 aliphatic rings. The van der Waals surface area contributed by atoms with Crippen molar-refractivity contribution in [3.63, 3.8) is 0 Å². The van der Waals surface area contributed by atoms with Crippen molar-refractivity contribution < 1.29 is 14.3 Å². The van der Waals surface area contributed by atoms with E-state index in [1.807, 2.05) is 0 Å². The minimum absolute atomic E-state index is 0.376. The molecule has 0 aliphatic heterocycles. The Labute approximate surface area is 121 Å². The Kier molecular flexibility index (Phi) is 4.20. The number of carboxylic acid groups (broad SMARTS) is 1. The third-order valence-electron chi connectivity index (χ3n) is 2.90. The van der Waals surface area contributed by atoms with Gasteiger partial charge in [0.2, 0.25) is 0 Å². The molecule has 0 spiro atoms. The molecule has 2 nitrogen and oxygen atoms in total. The Morgan fingerprint density at radius 2 is 2.00 bits per heavy atom. The molecule has 0 saturated carbocycles. The van der Waals surface area contributed by atoms with Crippen LogP contribution in [0.25, 0.3) is 16.7 Å². The molecule has 0 aliphatic carbocycles. The monoisotopic (exact) mass is 290 g/mol. The summed E-state index contributed by atoms with van der Waals surface area (Å²) in [6.07, 6.45) is 1.09. The molecule has 0 radical (unpaired) electrons. The first-order valence-electron chi connectivity index (χ1n) is 5.94. The average Bonchev–Trinajstić information content (AvgIpc) is 2.38. The predicted octanol–water partition coefficient (Wildman–Crippen LogP) is 4.63. The summed E-state index contributed by atoms with van der Waals surface area (Å²) in [7, 11) is 0. The van der Waals surface area contributed by atoms with E-state index in [1.54, 1.807) is 43.3 Å². The second-order valence-corrected chi connectivity index (χ2v) is 4.81. The summed E-state index contributed by atoms with van der Waals surface area (Å²) in [5.41, 5.74) is 2.26. The molecule has 0 saturated heterocycles. The molecule has 20 heavy (non-hydrogen) atoms. The SMILES string of the molecule is C/C(=C\C(=O)O)c1ccc(F)c(-c2cccc(Cl)c2)c1. The van der Waals surface area contributed by atoms with Gasteiger partial charge in [-0.1, -0.05) is 29.8 Å². The van der Waals surface area contributed by atoms with E-state index in [2.05, 4.69) is 0 Å². The summed E-state index contributed by atoms with van der Waals surface area (Å²) < 4.78 is 13.9. The zero-order valence-electron chi connectivity index (χ0n) is 10.7. The Hall–Kier alpha value is -2.13. The van der Waals surface area contributed by atoms with Gasteiger partial charge in [0.15, 0.2) is 0 Å². The third-order valence-corrected chi connectivity index (χ3v) is 3.13. The fourth-order valence-electron chi connectivity index (χ4n) is 1.92. The van der Waals surface area contributed by atoms with Gasteiger partial charge in [-0.25, -0.2) is 9.18 Å². The highest BCUT2D eigenvalue weighted by Crippen LogP contribution is 2.28. The van der Waals surface area contributed by atoms with Crippen molar-refractivity contribution in [1.29, 1.82) is 0 Å². The van der Waals surface area contributed by atoms with Crippen molar-refractivity contribution in [2.45, 2.75) is 6.92 Å². The average molecular weight is 291 g/mol. The lowest BCUT2D eigenvalue weighted by Gasteiger charge is -2.08. The second kappa shape index (κ2) is 5.88. The molecule has 0 atom stereocenters. The van der Waals surface area contributed by atoms with Gasteiger partial charge in [-0.2, -0.15) is 0 Å². The number of rotatable bonds is 3. The van der Waals surface area contributed by atoms with Crippen LogP contribution < -0.4 is 0 Å². The van der Waals surface area contributed by atoms with Crippen molar-refractivity contribution in [1.82, 2.24) is 0 Å². The lowest BCUT2D eigenvalue weighted by atomic mass is 9.99. The maximum atomic E-state index is 13.9. The van der Waals surface area contributed by atoms with Crippen molar-refractivity contribution in [3.8, 4) is 11.1 Å². The van der Waals surface area contributed by atoms with Gasteiger partial charge in [-0.3, -0.25) is 0 Å². The van der Waals surface area contributed by atoms with Crippen molar-refractivity contribution in [3.05, 3.63) is 64.9 Å². The fourth-order valence-corrected chi connectivity index (χ4v) is 2.11. The minimum atomic E-state index is -1.03. The zero-order chi connectivity index (χ0) is 14.7. The Morgan fingerprint density at radius 1 is 1.25 bits per heavy atom. The molecule has 0 aromatic heterocycles. The Balaban J connectivity index is 2.52. The fraction of sp³-hybridized carbons (Fsp3) is 0.0625. The van der Waals surface area contributed by atoms with Crippen LogP contribution in [0.2, 0.25) is 5.02 Å². The van der Waals surface area contributed by atoms with E-state index in [1.165, 1.54) is 6.07 Å². The number of halogens is 2. The minimum Gasteiger partial charge on any atom is -0.478 e. The van der Waals surface area contributed by atoms with E-state index in [-0.39, 0.29) is 5.82 Å². The number of carbonyl (C=O) groups is 1. The van der Waals surface area contributed by atoms with E-state index < -0.39 is 5.97 Å². The number of hydrogen-bond donors (Lipinski definition) is 1. The smallest absolute Gasteiger partial charge is 0.328 e. The summed E-state index contributed by atoms with van der Waals surface area (Å²) in [5.74, 6) is -1.41. The van der Waals surface area contributed by atoms with E-state index in [4.69, 9.17) is 16.7 Å². The third kappa shape index (κ3) is 3.25. The number of hydrogen-bond acceptors (Lipinski definition) is 1. The summed E-state index contributed by atoms with van der Waals surface area (Å²) in [4.78, 5) is 10.7. The lowest BCUT2D eigenvalue weighted by molar-refractivity contribution is -0.131. The largest absolute Gasteiger partial charge is 0.478 e. The summed E-state index contributed by atoms with van der Waals surface area (Å²) in [5, 5.41) is 9.27. The highest BCUT2D eigenvalue weighted by Gasteiger charge is 2.08. The molecule has 2 rings (SSSR count).